The van der Waals surface area contributed by atoms with Crippen LogP contribution in [0.15, 0.2) is 24.4 Å². The minimum absolute atomic E-state index is 0.275. The number of likely N-dealkylation sites (N-methyl/N-ethyl adjacent to an activating group) is 1. The normalized spacial score (nSPS) is 10.5. The van der Waals surface area contributed by atoms with E-state index in [9.17, 15) is 9.59 Å². The van der Waals surface area contributed by atoms with Crippen LogP contribution in [-0.2, 0) is 14.3 Å². The van der Waals surface area contributed by atoms with Gasteiger partial charge in [-0.1, -0.05) is 6.58 Å². The smallest absolute Gasteiger partial charge is 0.334 e. The van der Waals surface area contributed by atoms with Gasteiger partial charge in [-0.15, -0.1) is 0 Å². The van der Waals surface area contributed by atoms with E-state index in [1.54, 1.807) is 6.92 Å². The molecule has 0 atom stereocenters. The Balaban J connectivity index is 4.46. The Morgan fingerprint density at radius 2 is 2.00 bits per heavy atom. The lowest BCUT2D eigenvalue weighted by Gasteiger charge is -2.09. The van der Waals surface area contributed by atoms with Crippen molar-refractivity contribution < 1.29 is 14.3 Å². The molecule has 1 amide bonds. The second-order valence-electron chi connectivity index (χ2n) is 2.46. The van der Waals surface area contributed by atoms with Crippen LogP contribution in [-0.4, -0.2) is 30.9 Å². The summed E-state index contributed by atoms with van der Waals surface area (Å²) in [5.74, 6) is -0.730. The molecule has 0 fully saturated rings. The van der Waals surface area contributed by atoms with Gasteiger partial charge < -0.3 is 9.64 Å². The molecule has 0 aromatic rings. The van der Waals surface area contributed by atoms with Gasteiger partial charge in [0.05, 0.1) is 12.7 Å². The van der Waals surface area contributed by atoms with Gasteiger partial charge in [-0.3, -0.25) is 4.79 Å². The molecule has 4 heteroatoms. The first-order chi connectivity index (χ1) is 6.02. The van der Waals surface area contributed by atoms with Gasteiger partial charge in [0.25, 0.3) is 0 Å². The van der Waals surface area contributed by atoms with E-state index in [0.717, 1.165) is 0 Å². The molecule has 0 saturated heterocycles. The fraction of sp³-hybridized carbons (Fsp3) is 0.333. The molecule has 0 bridgehead atoms. The standard InChI is InChI=1S/C9H13NO3/c1-5-8(11)10(3)6-7(2)9(12)13-4/h5-6H,1H2,2-4H3. The van der Waals surface area contributed by atoms with E-state index in [4.69, 9.17) is 0 Å². The number of amides is 1. The van der Waals surface area contributed by atoms with Crippen molar-refractivity contribution in [2.75, 3.05) is 14.2 Å². The topological polar surface area (TPSA) is 46.6 Å². The summed E-state index contributed by atoms with van der Waals surface area (Å²) < 4.78 is 4.46. The minimum atomic E-state index is -0.455. The number of esters is 1. The lowest BCUT2D eigenvalue weighted by atomic mass is 10.3. The monoisotopic (exact) mass is 183 g/mol. The Morgan fingerprint density at radius 1 is 1.46 bits per heavy atom. The molecular weight excluding hydrogens is 170 g/mol. The van der Waals surface area contributed by atoms with Gasteiger partial charge in [-0.2, -0.15) is 0 Å². The van der Waals surface area contributed by atoms with Gasteiger partial charge in [0.1, 0.15) is 0 Å². The van der Waals surface area contributed by atoms with Crippen LogP contribution in [0, 0.1) is 0 Å². The maximum absolute atomic E-state index is 11.0. The van der Waals surface area contributed by atoms with Crippen LogP contribution >= 0.6 is 0 Å². The van der Waals surface area contributed by atoms with E-state index < -0.39 is 5.97 Å². The van der Waals surface area contributed by atoms with Crippen LogP contribution in [0.3, 0.4) is 0 Å². The van der Waals surface area contributed by atoms with Gasteiger partial charge in [-0.05, 0) is 13.0 Å². The number of carbonyl (C=O) groups is 2. The Labute approximate surface area is 77.5 Å². The number of methoxy groups -OCH3 is 1. The zero-order valence-corrected chi connectivity index (χ0v) is 8.03. The second-order valence-corrected chi connectivity index (χ2v) is 2.46. The summed E-state index contributed by atoms with van der Waals surface area (Å²) >= 11 is 0. The lowest BCUT2D eigenvalue weighted by Crippen LogP contribution is -2.19. The maximum Gasteiger partial charge on any atom is 0.334 e. The van der Waals surface area contributed by atoms with Crippen LogP contribution in [0.4, 0.5) is 0 Å². The number of rotatable bonds is 3. The van der Waals surface area contributed by atoms with E-state index in [2.05, 4.69) is 11.3 Å². The fourth-order valence-electron chi connectivity index (χ4n) is 0.712. The van der Waals surface area contributed by atoms with Gasteiger partial charge in [0.2, 0.25) is 5.91 Å². The SMILES string of the molecule is C=CC(=O)N(C)C=C(C)C(=O)OC. The maximum atomic E-state index is 11.0. The van der Waals surface area contributed by atoms with Crippen LogP contribution in [0.1, 0.15) is 6.92 Å². The van der Waals surface area contributed by atoms with E-state index in [0.29, 0.717) is 5.57 Å². The molecule has 72 valence electrons. The highest BCUT2D eigenvalue weighted by Gasteiger charge is 2.06. The Morgan fingerprint density at radius 3 is 2.38 bits per heavy atom. The van der Waals surface area contributed by atoms with Crippen molar-refractivity contribution in [2.45, 2.75) is 6.92 Å². The highest BCUT2D eigenvalue weighted by atomic mass is 16.5. The van der Waals surface area contributed by atoms with Crippen molar-refractivity contribution in [1.82, 2.24) is 4.90 Å². The minimum Gasteiger partial charge on any atom is -0.466 e. The molecule has 0 rings (SSSR count). The number of hydrogen-bond acceptors (Lipinski definition) is 3. The third kappa shape index (κ3) is 3.55. The summed E-state index contributed by atoms with van der Waals surface area (Å²) in [6, 6.07) is 0. The molecule has 0 radical (unpaired) electrons. The first-order valence-electron chi connectivity index (χ1n) is 3.69. The van der Waals surface area contributed by atoms with E-state index in [-0.39, 0.29) is 5.91 Å². The molecule has 0 unspecified atom stereocenters. The zero-order valence-electron chi connectivity index (χ0n) is 8.03. The lowest BCUT2D eigenvalue weighted by molar-refractivity contribution is -0.136. The highest BCUT2D eigenvalue weighted by molar-refractivity contribution is 5.91. The Hall–Kier alpha value is -1.58. The average Bonchev–Trinajstić information content (AvgIpc) is 2.14. The van der Waals surface area contributed by atoms with Gasteiger partial charge >= 0.3 is 5.97 Å². The van der Waals surface area contributed by atoms with Crippen LogP contribution < -0.4 is 0 Å². The van der Waals surface area contributed by atoms with Crippen LogP contribution in [0.5, 0.6) is 0 Å². The van der Waals surface area contributed by atoms with E-state index in [1.165, 1.54) is 31.3 Å². The number of hydrogen-bond donors (Lipinski definition) is 0. The van der Waals surface area contributed by atoms with Crippen LogP contribution in [0.2, 0.25) is 0 Å². The predicted octanol–water partition coefficient (Wildman–Crippen LogP) is 0.708. The molecule has 0 aromatic heterocycles. The molecule has 0 saturated carbocycles. The van der Waals surface area contributed by atoms with Crippen LogP contribution in [0.25, 0.3) is 0 Å². The Bertz CT molecular complexity index is 256. The molecule has 0 heterocycles. The summed E-state index contributed by atoms with van der Waals surface area (Å²) in [6.07, 6.45) is 2.57. The van der Waals surface area contributed by atoms with Crippen molar-refractivity contribution in [2.24, 2.45) is 0 Å². The largest absolute Gasteiger partial charge is 0.466 e. The van der Waals surface area contributed by atoms with Crippen molar-refractivity contribution in [3.8, 4) is 0 Å². The van der Waals surface area contributed by atoms with Crippen molar-refractivity contribution in [1.29, 1.82) is 0 Å². The molecule has 0 N–H and O–H groups in total. The van der Waals surface area contributed by atoms with Gasteiger partial charge in [0.15, 0.2) is 0 Å². The molecule has 4 nitrogen and oxygen atoms in total. The van der Waals surface area contributed by atoms with Gasteiger partial charge in [-0.25, -0.2) is 4.79 Å². The Kier molecular flexibility index (Phi) is 4.51. The number of ether oxygens (including phenoxy) is 1. The van der Waals surface area contributed by atoms with Gasteiger partial charge in [0, 0.05) is 13.2 Å². The average molecular weight is 183 g/mol. The molecule has 0 aliphatic carbocycles. The number of carbonyl (C=O) groups excluding carboxylic acids is 2. The summed E-state index contributed by atoms with van der Waals surface area (Å²) in [5.41, 5.74) is 0.361. The predicted molar refractivity (Wildman–Crippen MR) is 48.7 cm³/mol. The molecule has 0 aliphatic heterocycles. The first kappa shape index (κ1) is 11.4. The summed E-state index contributed by atoms with van der Waals surface area (Å²) in [5, 5.41) is 0. The quantitative estimate of drug-likeness (QED) is 0.478. The van der Waals surface area contributed by atoms with Crippen molar-refractivity contribution in [3.05, 3.63) is 24.4 Å². The zero-order chi connectivity index (χ0) is 10.4. The third-order valence-corrected chi connectivity index (χ3v) is 1.42. The summed E-state index contributed by atoms with van der Waals surface area (Å²) in [6.45, 7) is 4.89. The fourth-order valence-corrected chi connectivity index (χ4v) is 0.712. The number of nitrogens with zero attached hydrogens (tertiary/aromatic N) is 1. The van der Waals surface area contributed by atoms with E-state index in [1.807, 2.05) is 0 Å². The summed E-state index contributed by atoms with van der Waals surface area (Å²) in [4.78, 5) is 23.1. The molecule has 0 spiro atoms. The summed E-state index contributed by atoms with van der Waals surface area (Å²) in [7, 11) is 2.82. The molecule has 13 heavy (non-hydrogen) atoms. The molecular formula is C9H13NO3. The van der Waals surface area contributed by atoms with Crippen molar-refractivity contribution >= 4 is 11.9 Å². The first-order valence-corrected chi connectivity index (χ1v) is 3.69. The van der Waals surface area contributed by atoms with E-state index >= 15 is 0 Å². The molecule has 0 aromatic carbocycles. The molecule has 0 aliphatic rings. The second kappa shape index (κ2) is 5.13. The highest BCUT2D eigenvalue weighted by Crippen LogP contribution is 1.98. The van der Waals surface area contributed by atoms with Crippen molar-refractivity contribution in [3.63, 3.8) is 0 Å². The third-order valence-electron chi connectivity index (χ3n) is 1.42.